The van der Waals surface area contributed by atoms with Crippen LogP contribution >= 0.6 is 0 Å². The summed E-state index contributed by atoms with van der Waals surface area (Å²) in [7, 11) is 0. The topological polar surface area (TPSA) is 38.5 Å². The second-order valence-corrected chi connectivity index (χ2v) is 7.03. The quantitative estimate of drug-likeness (QED) is 0.862. The molecule has 2 N–H and O–H groups in total. The van der Waals surface area contributed by atoms with Gasteiger partial charge in [0.05, 0.1) is 12.1 Å². The SMILES string of the molecule is NC1c2ccccc2OCC1N1CCC2CCCCC2C1. The monoisotopic (exact) mass is 286 g/mol. The standard InChI is InChI=1S/C18H26N2O/c19-18-15-7-3-4-8-17(15)21-12-16(18)20-10-9-13-5-1-2-6-14(13)11-20/h3-4,7-8,13-14,16,18H,1-2,5-6,9-12,19H2. The predicted octanol–water partition coefficient (Wildman–Crippen LogP) is 2.96. The lowest BCUT2D eigenvalue weighted by Gasteiger charge is -2.46. The van der Waals surface area contributed by atoms with Crippen LogP contribution in [0.4, 0.5) is 0 Å². The molecule has 4 rings (SSSR count). The molecule has 0 bridgehead atoms. The number of likely N-dealkylation sites (tertiary alicyclic amines) is 1. The molecule has 0 radical (unpaired) electrons. The highest BCUT2D eigenvalue weighted by Crippen LogP contribution is 2.39. The molecule has 1 saturated heterocycles. The van der Waals surface area contributed by atoms with Crippen LogP contribution < -0.4 is 10.5 Å². The Bertz CT molecular complexity index is 504. The lowest BCUT2D eigenvalue weighted by molar-refractivity contribution is 0.0225. The highest BCUT2D eigenvalue weighted by atomic mass is 16.5. The zero-order valence-electron chi connectivity index (χ0n) is 12.7. The van der Waals surface area contributed by atoms with E-state index in [1.54, 1.807) is 0 Å². The number of benzene rings is 1. The highest BCUT2D eigenvalue weighted by Gasteiger charge is 2.38. The Labute approximate surface area is 127 Å². The molecule has 0 amide bonds. The minimum absolute atomic E-state index is 0.0927. The molecular formula is C18H26N2O. The van der Waals surface area contributed by atoms with Crippen molar-refractivity contribution < 1.29 is 4.74 Å². The first kappa shape index (κ1) is 13.6. The van der Waals surface area contributed by atoms with Gasteiger partial charge >= 0.3 is 0 Å². The average molecular weight is 286 g/mol. The molecular weight excluding hydrogens is 260 g/mol. The van der Waals surface area contributed by atoms with Crippen molar-refractivity contribution in [3.05, 3.63) is 29.8 Å². The second kappa shape index (κ2) is 5.62. The Morgan fingerprint density at radius 2 is 1.86 bits per heavy atom. The predicted molar refractivity (Wildman–Crippen MR) is 84.3 cm³/mol. The van der Waals surface area contributed by atoms with Crippen LogP contribution in [0.5, 0.6) is 5.75 Å². The number of nitrogens with two attached hydrogens (primary N) is 1. The third-order valence-corrected chi connectivity index (χ3v) is 5.89. The normalized spacial score (nSPS) is 36.4. The van der Waals surface area contributed by atoms with Gasteiger partial charge in [0.2, 0.25) is 0 Å². The number of rotatable bonds is 1. The Kier molecular flexibility index (Phi) is 3.64. The van der Waals surface area contributed by atoms with Gasteiger partial charge in [0, 0.05) is 12.1 Å². The van der Waals surface area contributed by atoms with Crippen molar-refractivity contribution in [2.24, 2.45) is 17.6 Å². The molecule has 4 atom stereocenters. The fourth-order valence-corrected chi connectivity index (χ4v) is 4.64. The van der Waals surface area contributed by atoms with E-state index in [2.05, 4.69) is 17.0 Å². The van der Waals surface area contributed by atoms with Crippen LogP contribution in [-0.2, 0) is 0 Å². The van der Waals surface area contributed by atoms with Crippen molar-refractivity contribution in [2.75, 3.05) is 19.7 Å². The first-order valence-electron chi connectivity index (χ1n) is 8.54. The second-order valence-electron chi connectivity index (χ2n) is 7.03. The van der Waals surface area contributed by atoms with Gasteiger partial charge in [0.25, 0.3) is 0 Å². The molecule has 1 aromatic rings. The Balaban J connectivity index is 1.50. The van der Waals surface area contributed by atoms with Crippen molar-refractivity contribution in [2.45, 2.75) is 44.2 Å². The lowest BCUT2D eigenvalue weighted by atomic mass is 9.74. The molecule has 1 aliphatic carbocycles. The Morgan fingerprint density at radius 1 is 1.05 bits per heavy atom. The number of hydrogen-bond donors (Lipinski definition) is 1. The van der Waals surface area contributed by atoms with Crippen LogP contribution in [0.1, 0.15) is 43.7 Å². The molecule has 3 nitrogen and oxygen atoms in total. The molecule has 2 heterocycles. The summed E-state index contributed by atoms with van der Waals surface area (Å²) in [6.07, 6.45) is 7.09. The smallest absolute Gasteiger partial charge is 0.124 e. The fourth-order valence-electron chi connectivity index (χ4n) is 4.64. The third kappa shape index (κ3) is 2.47. The lowest BCUT2D eigenvalue weighted by Crippen LogP contribution is -2.54. The van der Waals surface area contributed by atoms with E-state index < -0.39 is 0 Å². The van der Waals surface area contributed by atoms with E-state index in [4.69, 9.17) is 10.5 Å². The summed E-state index contributed by atoms with van der Waals surface area (Å²) in [5.41, 5.74) is 7.75. The number of piperidine rings is 1. The molecule has 2 fully saturated rings. The first-order valence-corrected chi connectivity index (χ1v) is 8.54. The minimum atomic E-state index is 0.0927. The number of hydrogen-bond acceptors (Lipinski definition) is 3. The number of para-hydroxylation sites is 1. The largest absolute Gasteiger partial charge is 0.492 e. The summed E-state index contributed by atoms with van der Waals surface area (Å²) in [6, 6.07) is 8.70. The van der Waals surface area contributed by atoms with Gasteiger partial charge in [0.15, 0.2) is 0 Å². The van der Waals surface area contributed by atoms with Crippen molar-refractivity contribution in [3.63, 3.8) is 0 Å². The van der Waals surface area contributed by atoms with Crippen molar-refractivity contribution in [3.8, 4) is 5.75 Å². The summed E-state index contributed by atoms with van der Waals surface area (Å²) >= 11 is 0. The maximum atomic E-state index is 6.57. The van der Waals surface area contributed by atoms with E-state index in [-0.39, 0.29) is 6.04 Å². The van der Waals surface area contributed by atoms with Crippen LogP contribution in [0, 0.1) is 11.8 Å². The summed E-state index contributed by atoms with van der Waals surface area (Å²) in [6.45, 7) is 3.18. The zero-order valence-corrected chi connectivity index (χ0v) is 12.7. The van der Waals surface area contributed by atoms with Crippen molar-refractivity contribution in [1.82, 2.24) is 4.90 Å². The molecule has 3 heteroatoms. The van der Waals surface area contributed by atoms with E-state index in [1.165, 1.54) is 50.8 Å². The highest BCUT2D eigenvalue weighted by molar-refractivity contribution is 5.38. The summed E-state index contributed by atoms with van der Waals surface area (Å²) in [5.74, 6) is 2.86. The molecule has 0 aromatic heterocycles. The number of ether oxygens (including phenoxy) is 1. The number of fused-ring (bicyclic) bond motifs is 2. The molecule has 0 spiro atoms. The fraction of sp³-hybridized carbons (Fsp3) is 0.667. The molecule has 114 valence electrons. The van der Waals surface area contributed by atoms with Crippen LogP contribution in [0.3, 0.4) is 0 Å². The van der Waals surface area contributed by atoms with Crippen LogP contribution in [0.2, 0.25) is 0 Å². The first-order chi connectivity index (χ1) is 10.3. The Hall–Kier alpha value is -1.06. The summed E-state index contributed by atoms with van der Waals surface area (Å²) < 4.78 is 5.97. The molecule has 3 aliphatic rings. The van der Waals surface area contributed by atoms with Crippen molar-refractivity contribution >= 4 is 0 Å². The van der Waals surface area contributed by atoms with E-state index in [9.17, 15) is 0 Å². The van der Waals surface area contributed by atoms with Gasteiger partial charge < -0.3 is 10.5 Å². The van der Waals surface area contributed by atoms with Gasteiger partial charge in [-0.1, -0.05) is 37.5 Å². The van der Waals surface area contributed by atoms with E-state index >= 15 is 0 Å². The van der Waals surface area contributed by atoms with E-state index in [1.807, 2.05) is 12.1 Å². The van der Waals surface area contributed by atoms with Crippen molar-refractivity contribution in [1.29, 1.82) is 0 Å². The number of nitrogens with zero attached hydrogens (tertiary/aromatic N) is 1. The van der Waals surface area contributed by atoms with E-state index in [0.29, 0.717) is 6.04 Å². The Morgan fingerprint density at radius 3 is 2.76 bits per heavy atom. The van der Waals surface area contributed by atoms with Gasteiger partial charge in [-0.3, -0.25) is 4.90 Å². The van der Waals surface area contributed by atoms with E-state index in [0.717, 1.165) is 24.2 Å². The van der Waals surface area contributed by atoms with Gasteiger partial charge in [-0.2, -0.15) is 0 Å². The minimum Gasteiger partial charge on any atom is -0.492 e. The van der Waals surface area contributed by atoms with Crippen LogP contribution in [-0.4, -0.2) is 30.6 Å². The molecule has 1 saturated carbocycles. The maximum Gasteiger partial charge on any atom is 0.124 e. The maximum absolute atomic E-state index is 6.57. The molecule has 21 heavy (non-hydrogen) atoms. The molecule has 1 aromatic carbocycles. The van der Waals surface area contributed by atoms with Gasteiger partial charge in [-0.15, -0.1) is 0 Å². The molecule has 2 aliphatic heterocycles. The van der Waals surface area contributed by atoms with Gasteiger partial charge in [-0.05, 0) is 37.3 Å². The molecule has 4 unspecified atom stereocenters. The summed E-state index contributed by atoms with van der Waals surface area (Å²) in [5, 5.41) is 0. The average Bonchev–Trinajstić information content (AvgIpc) is 2.55. The van der Waals surface area contributed by atoms with Crippen LogP contribution in [0.25, 0.3) is 0 Å². The van der Waals surface area contributed by atoms with Gasteiger partial charge in [0.1, 0.15) is 12.4 Å². The third-order valence-electron chi connectivity index (χ3n) is 5.89. The zero-order chi connectivity index (χ0) is 14.2. The van der Waals surface area contributed by atoms with Gasteiger partial charge in [-0.25, -0.2) is 0 Å². The summed E-state index contributed by atoms with van der Waals surface area (Å²) in [4.78, 5) is 2.62. The van der Waals surface area contributed by atoms with Crippen LogP contribution in [0.15, 0.2) is 24.3 Å².